The third-order valence-electron chi connectivity index (χ3n) is 3.82. The number of fused-ring (bicyclic) bond motifs is 1. The van der Waals surface area contributed by atoms with Crippen molar-refractivity contribution in [1.29, 1.82) is 0 Å². The zero-order valence-electron chi connectivity index (χ0n) is 13.8. The molecule has 0 saturated carbocycles. The van der Waals surface area contributed by atoms with Crippen LogP contribution in [0.4, 0.5) is 11.4 Å². The van der Waals surface area contributed by atoms with Crippen LogP contribution >= 0.6 is 11.6 Å². The highest BCUT2D eigenvalue weighted by Crippen LogP contribution is 2.27. The number of ether oxygens (including phenoxy) is 1. The van der Waals surface area contributed by atoms with Crippen LogP contribution in [-0.2, 0) is 4.79 Å². The number of rotatable bonds is 5. The zero-order chi connectivity index (χ0) is 18.7. The molecule has 132 valence electrons. The summed E-state index contributed by atoms with van der Waals surface area (Å²) in [4.78, 5) is 22.7. The van der Waals surface area contributed by atoms with Crippen LogP contribution in [0.1, 0.15) is 6.92 Å². The lowest BCUT2D eigenvalue weighted by atomic mass is 10.1. The Balaban J connectivity index is 1.73. The first kappa shape index (κ1) is 17.7. The molecule has 0 fully saturated rings. The fourth-order valence-corrected chi connectivity index (χ4v) is 2.62. The Morgan fingerprint density at radius 3 is 2.58 bits per heavy atom. The van der Waals surface area contributed by atoms with E-state index < -0.39 is 16.9 Å². The van der Waals surface area contributed by atoms with Gasteiger partial charge in [-0.25, -0.2) is 0 Å². The van der Waals surface area contributed by atoms with Crippen molar-refractivity contribution in [2.45, 2.75) is 13.0 Å². The highest BCUT2D eigenvalue weighted by molar-refractivity contribution is 6.33. The first-order valence-corrected chi connectivity index (χ1v) is 8.22. The van der Waals surface area contributed by atoms with Gasteiger partial charge in [0.2, 0.25) is 0 Å². The Morgan fingerprint density at radius 2 is 1.85 bits per heavy atom. The largest absolute Gasteiger partial charge is 0.481 e. The van der Waals surface area contributed by atoms with Crippen molar-refractivity contribution < 1.29 is 14.5 Å². The summed E-state index contributed by atoms with van der Waals surface area (Å²) in [5.41, 5.74) is 0.00706. The standard InChI is InChI=1S/C19H15ClN2O4/c1-12(26-16-8-6-13-4-2-3-5-14(13)10-16)19(23)21-18-11-15(22(24)25)7-9-17(18)20/h2-12H,1H3,(H,21,23). The Hall–Kier alpha value is -3.12. The van der Waals surface area contributed by atoms with E-state index >= 15 is 0 Å². The minimum atomic E-state index is -0.813. The van der Waals surface area contributed by atoms with Crippen molar-refractivity contribution in [2.75, 3.05) is 5.32 Å². The van der Waals surface area contributed by atoms with Crippen LogP contribution < -0.4 is 10.1 Å². The molecule has 6 nitrogen and oxygen atoms in total. The lowest BCUT2D eigenvalue weighted by Gasteiger charge is -2.15. The predicted octanol–water partition coefficient (Wildman–Crippen LogP) is 4.81. The number of carbonyl (C=O) groups is 1. The van der Waals surface area contributed by atoms with Gasteiger partial charge in [0.25, 0.3) is 11.6 Å². The summed E-state index contributed by atoms with van der Waals surface area (Å²) in [7, 11) is 0. The molecule has 1 atom stereocenters. The lowest BCUT2D eigenvalue weighted by molar-refractivity contribution is -0.384. The second-order valence-electron chi connectivity index (χ2n) is 5.68. The van der Waals surface area contributed by atoms with Gasteiger partial charge in [0.1, 0.15) is 5.75 Å². The topological polar surface area (TPSA) is 81.5 Å². The van der Waals surface area contributed by atoms with Gasteiger partial charge in [-0.3, -0.25) is 14.9 Å². The maximum Gasteiger partial charge on any atom is 0.271 e. The number of nitro groups is 1. The van der Waals surface area contributed by atoms with E-state index in [0.717, 1.165) is 10.8 Å². The molecule has 26 heavy (non-hydrogen) atoms. The molecule has 0 aromatic heterocycles. The van der Waals surface area contributed by atoms with Crippen molar-refractivity contribution in [3.63, 3.8) is 0 Å². The molecule has 7 heteroatoms. The number of benzene rings is 3. The summed E-state index contributed by atoms with van der Waals surface area (Å²) in [6.07, 6.45) is -0.813. The minimum absolute atomic E-state index is 0.159. The summed E-state index contributed by atoms with van der Waals surface area (Å²) in [5, 5.41) is 15.7. The van der Waals surface area contributed by atoms with Crippen molar-refractivity contribution >= 4 is 39.7 Å². The molecule has 0 aliphatic rings. The van der Waals surface area contributed by atoms with E-state index in [2.05, 4.69) is 5.32 Å². The van der Waals surface area contributed by atoms with Gasteiger partial charge in [0.05, 0.1) is 15.6 Å². The molecule has 1 amide bonds. The fraction of sp³-hybridized carbons (Fsp3) is 0.105. The summed E-state index contributed by atoms with van der Waals surface area (Å²) in [6, 6.07) is 17.2. The molecule has 0 bridgehead atoms. The second-order valence-corrected chi connectivity index (χ2v) is 6.09. The molecule has 0 aliphatic carbocycles. The maximum atomic E-state index is 12.3. The van der Waals surface area contributed by atoms with Crippen LogP contribution in [-0.4, -0.2) is 16.9 Å². The minimum Gasteiger partial charge on any atom is -0.481 e. The number of anilines is 1. The van der Waals surface area contributed by atoms with Crippen LogP contribution in [0.5, 0.6) is 5.75 Å². The number of hydrogen-bond acceptors (Lipinski definition) is 4. The lowest BCUT2D eigenvalue weighted by Crippen LogP contribution is -2.30. The van der Waals surface area contributed by atoms with E-state index in [4.69, 9.17) is 16.3 Å². The van der Waals surface area contributed by atoms with Gasteiger partial charge in [-0.1, -0.05) is 41.9 Å². The normalized spacial score (nSPS) is 11.8. The average Bonchev–Trinajstić information content (AvgIpc) is 2.63. The molecular weight excluding hydrogens is 356 g/mol. The molecule has 0 heterocycles. The van der Waals surface area contributed by atoms with Crippen LogP contribution in [0.15, 0.2) is 60.7 Å². The monoisotopic (exact) mass is 370 g/mol. The van der Waals surface area contributed by atoms with Crippen molar-refractivity contribution in [1.82, 2.24) is 0 Å². The van der Waals surface area contributed by atoms with Gasteiger partial charge in [-0.2, -0.15) is 0 Å². The first-order chi connectivity index (χ1) is 12.4. The van der Waals surface area contributed by atoms with Crippen LogP contribution in [0, 0.1) is 10.1 Å². The highest BCUT2D eigenvalue weighted by atomic mass is 35.5. The first-order valence-electron chi connectivity index (χ1n) is 7.84. The van der Waals surface area contributed by atoms with Crippen molar-refractivity contribution in [3.05, 3.63) is 75.8 Å². The molecule has 3 rings (SSSR count). The van der Waals surface area contributed by atoms with Gasteiger partial charge >= 0.3 is 0 Å². The SMILES string of the molecule is CC(Oc1ccc2ccccc2c1)C(=O)Nc1cc([N+](=O)[O-])ccc1Cl. The molecule has 0 spiro atoms. The van der Waals surface area contributed by atoms with E-state index in [1.165, 1.54) is 18.2 Å². The third-order valence-corrected chi connectivity index (χ3v) is 4.15. The summed E-state index contributed by atoms with van der Waals surface area (Å²) < 4.78 is 5.69. The molecule has 3 aromatic rings. The summed E-state index contributed by atoms with van der Waals surface area (Å²) in [5.74, 6) is 0.0945. The smallest absolute Gasteiger partial charge is 0.271 e. The van der Waals surface area contributed by atoms with Crippen molar-refractivity contribution in [3.8, 4) is 5.75 Å². The average molecular weight is 371 g/mol. The number of nitro benzene ring substituents is 1. The number of nitrogens with one attached hydrogen (secondary N) is 1. The Kier molecular flexibility index (Phi) is 5.04. The van der Waals surface area contributed by atoms with E-state index in [-0.39, 0.29) is 16.4 Å². The number of amides is 1. The number of carbonyl (C=O) groups excluding carboxylic acids is 1. The van der Waals surface area contributed by atoms with Gasteiger partial charge in [0.15, 0.2) is 6.10 Å². The van der Waals surface area contributed by atoms with Crippen molar-refractivity contribution in [2.24, 2.45) is 0 Å². The second kappa shape index (κ2) is 7.41. The zero-order valence-corrected chi connectivity index (χ0v) is 14.6. The van der Waals surface area contributed by atoms with E-state index in [1.54, 1.807) is 13.0 Å². The number of hydrogen-bond donors (Lipinski definition) is 1. The van der Waals surface area contributed by atoms with Gasteiger partial charge < -0.3 is 10.1 Å². The molecule has 1 unspecified atom stereocenters. The predicted molar refractivity (Wildman–Crippen MR) is 101 cm³/mol. The number of non-ortho nitro benzene ring substituents is 1. The molecule has 0 saturated heterocycles. The Morgan fingerprint density at radius 1 is 1.12 bits per heavy atom. The van der Waals surface area contributed by atoms with Gasteiger partial charge in [-0.15, -0.1) is 0 Å². The van der Waals surface area contributed by atoms with Crippen LogP contribution in [0.3, 0.4) is 0 Å². The molecular formula is C19H15ClN2O4. The number of nitrogens with zero attached hydrogens (tertiary/aromatic N) is 1. The van der Waals surface area contributed by atoms with Gasteiger partial charge in [-0.05, 0) is 35.9 Å². The van der Waals surface area contributed by atoms with Crippen LogP contribution in [0.25, 0.3) is 10.8 Å². The van der Waals surface area contributed by atoms with E-state index in [9.17, 15) is 14.9 Å². The quantitative estimate of drug-likeness (QED) is 0.516. The Labute approximate surface area is 154 Å². The molecule has 0 aliphatic heterocycles. The van der Waals surface area contributed by atoms with Crippen LogP contribution in [0.2, 0.25) is 5.02 Å². The van der Waals surface area contributed by atoms with E-state index in [0.29, 0.717) is 5.75 Å². The highest BCUT2D eigenvalue weighted by Gasteiger charge is 2.18. The summed E-state index contributed by atoms with van der Waals surface area (Å²) in [6.45, 7) is 1.59. The maximum absolute atomic E-state index is 12.3. The molecule has 0 radical (unpaired) electrons. The number of halogens is 1. The third kappa shape index (κ3) is 3.92. The van der Waals surface area contributed by atoms with E-state index in [1.807, 2.05) is 36.4 Å². The summed E-state index contributed by atoms with van der Waals surface area (Å²) >= 11 is 6.00. The van der Waals surface area contributed by atoms with Gasteiger partial charge in [0, 0.05) is 12.1 Å². The Bertz CT molecular complexity index is 990. The molecule has 3 aromatic carbocycles. The molecule has 1 N–H and O–H groups in total. The fourth-order valence-electron chi connectivity index (χ4n) is 2.46.